The van der Waals surface area contributed by atoms with Gasteiger partial charge in [-0.1, -0.05) is 147 Å². The van der Waals surface area contributed by atoms with Gasteiger partial charge in [0, 0.05) is 37.2 Å². The molecule has 2 nitrogen and oxygen atoms in total. The Morgan fingerprint density at radius 1 is 0.667 bits per heavy atom. The number of aromatic nitrogens is 2. The van der Waals surface area contributed by atoms with Crippen molar-refractivity contribution >= 4 is 44.8 Å². The van der Waals surface area contributed by atoms with Gasteiger partial charge >= 0.3 is 0 Å². The number of fused-ring (bicyclic) bond motifs is 3. The van der Waals surface area contributed by atoms with Gasteiger partial charge in [-0.25, -0.2) is 0 Å². The molecule has 0 spiro atoms. The Labute approximate surface area is 320 Å². The molecular formula is C46H40IrN2SSi-2. The van der Waals surface area contributed by atoms with Gasteiger partial charge in [-0.05, 0) is 55.8 Å². The van der Waals surface area contributed by atoms with Gasteiger partial charge in [-0.3, -0.25) is 0 Å². The molecule has 0 bridgehead atoms. The van der Waals surface area contributed by atoms with Gasteiger partial charge in [0.15, 0.2) is 0 Å². The van der Waals surface area contributed by atoms with Crippen LogP contribution in [0.4, 0.5) is 0 Å². The largest absolute Gasteiger partial charge is 0.305 e. The van der Waals surface area contributed by atoms with E-state index >= 15 is 0 Å². The summed E-state index contributed by atoms with van der Waals surface area (Å²) in [6.07, 6.45) is 3.99. The van der Waals surface area contributed by atoms with Crippen LogP contribution in [0.3, 0.4) is 0 Å². The van der Waals surface area contributed by atoms with Gasteiger partial charge in [-0.15, -0.1) is 53.6 Å². The molecule has 5 aromatic carbocycles. The molecule has 5 heteroatoms. The fourth-order valence-corrected chi connectivity index (χ4v) is 9.37. The molecule has 0 aliphatic rings. The van der Waals surface area contributed by atoms with Crippen LogP contribution in [0.1, 0.15) is 25.3 Å². The summed E-state index contributed by atoms with van der Waals surface area (Å²) in [5.74, 6) is 0.534. The molecule has 0 atom stereocenters. The molecule has 3 aromatic heterocycles. The van der Waals surface area contributed by atoms with Crippen LogP contribution >= 0.6 is 11.3 Å². The van der Waals surface area contributed by atoms with Crippen LogP contribution in [0.5, 0.6) is 0 Å². The van der Waals surface area contributed by atoms with Gasteiger partial charge in [-0.2, -0.15) is 11.3 Å². The van der Waals surface area contributed by atoms with E-state index in [9.17, 15) is 0 Å². The van der Waals surface area contributed by atoms with Crippen molar-refractivity contribution in [2.24, 2.45) is 0 Å². The smallest absolute Gasteiger partial charge is 0.0799 e. The summed E-state index contributed by atoms with van der Waals surface area (Å²) in [7, 11) is -1.34. The number of hydrogen-bond acceptors (Lipinski definition) is 3. The van der Waals surface area contributed by atoms with Crippen molar-refractivity contribution in [3.8, 4) is 44.8 Å². The molecule has 0 aliphatic heterocycles. The average Bonchev–Trinajstić information content (AvgIpc) is 3.55. The third-order valence-corrected chi connectivity index (χ3v) is 12.2. The molecule has 0 saturated carbocycles. The SMILES string of the molecule is CC(C)c1cc(-c2[c-]cccc2)ncc1[Si](C)(C)C.[Ir].[c-]1cc(-c2ccccc2)c2c(sc3ccccc32)c1-c1cc(-c2ccccc2)ccn1. The molecule has 0 saturated heterocycles. The summed E-state index contributed by atoms with van der Waals surface area (Å²) >= 11 is 1.82. The quantitative estimate of drug-likeness (QED) is 0.123. The van der Waals surface area contributed by atoms with E-state index in [4.69, 9.17) is 4.98 Å². The molecule has 51 heavy (non-hydrogen) atoms. The van der Waals surface area contributed by atoms with Gasteiger partial charge in [0.1, 0.15) is 0 Å². The van der Waals surface area contributed by atoms with Crippen molar-refractivity contribution in [2.75, 3.05) is 0 Å². The van der Waals surface area contributed by atoms with Crippen LogP contribution in [-0.2, 0) is 20.1 Å². The number of hydrogen-bond donors (Lipinski definition) is 0. The molecule has 8 rings (SSSR count). The standard InChI is InChI=1S/C29H18NS.C17H22NSi.Ir/c1-3-9-20(10-4-1)22-17-18-30-26(19-22)24-16-15-23(21-11-5-2-6-12-21)28-25-13-7-8-14-27(25)31-29(24)28;1-13(2)15-11-16(14-9-7-6-8-10-14)18-12-17(15)19(3,4)5;/h1-15,17-19H;6-9,11-13H,1-5H3;/q2*-1;. The minimum absolute atomic E-state index is 0. The second-order valence-electron chi connectivity index (χ2n) is 13.9. The van der Waals surface area contributed by atoms with E-state index in [-0.39, 0.29) is 20.1 Å². The van der Waals surface area contributed by atoms with Crippen molar-refractivity contribution < 1.29 is 20.1 Å². The van der Waals surface area contributed by atoms with Crippen LogP contribution in [0.25, 0.3) is 64.9 Å². The monoisotopic (exact) mass is 873 g/mol. The Bertz CT molecular complexity index is 2380. The fraction of sp³-hybridized carbons (Fsp3) is 0.130. The van der Waals surface area contributed by atoms with Gasteiger partial charge in [0.2, 0.25) is 0 Å². The fourth-order valence-electron chi connectivity index (χ4n) is 6.46. The third-order valence-electron chi connectivity index (χ3n) is 9.01. The zero-order valence-electron chi connectivity index (χ0n) is 29.6. The van der Waals surface area contributed by atoms with Gasteiger partial charge in [0.25, 0.3) is 0 Å². The maximum absolute atomic E-state index is 4.73. The number of benzene rings is 5. The van der Waals surface area contributed by atoms with E-state index in [1.54, 1.807) is 0 Å². The minimum atomic E-state index is -1.34. The van der Waals surface area contributed by atoms with Crippen molar-refractivity contribution in [1.82, 2.24) is 9.97 Å². The van der Waals surface area contributed by atoms with Crippen LogP contribution in [-0.4, -0.2) is 18.0 Å². The second kappa shape index (κ2) is 15.8. The summed E-state index contributed by atoms with van der Waals surface area (Å²) in [4.78, 5) is 9.40. The zero-order valence-corrected chi connectivity index (χ0v) is 33.8. The Morgan fingerprint density at radius 2 is 1.35 bits per heavy atom. The maximum atomic E-state index is 4.73. The molecule has 0 amide bonds. The number of rotatable bonds is 6. The molecule has 0 N–H and O–H groups in total. The molecule has 0 fully saturated rings. The molecule has 0 unspecified atom stereocenters. The van der Waals surface area contributed by atoms with Crippen LogP contribution in [0.2, 0.25) is 19.6 Å². The van der Waals surface area contributed by atoms with Crippen molar-refractivity contribution in [3.63, 3.8) is 0 Å². The summed E-state index contributed by atoms with van der Waals surface area (Å²) in [6, 6.07) is 53.2. The first kappa shape index (κ1) is 36.3. The molecular weight excluding hydrogens is 833 g/mol. The molecule has 255 valence electrons. The number of thiophene rings is 1. The Morgan fingerprint density at radius 3 is 2.04 bits per heavy atom. The topological polar surface area (TPSA) is 25.8 Å². The van der Waals surface area contributed by atoms with E-state index in [0.29, 0.717) is 5.92 Å². The van der Waals surface area contributed by atoms with Crippen molar-refractivity contribution in [3.05, 3.63) is 164 Å². The molecule has 1 radical (unpaired) electrons. The van der Waals surface area contributed by atoms with Gasteiger partial charge in [0.05, 0.1) is 8.07 Å². The van der Waals surface area contributed by atoms with E-state index in [1.807, 2.05) is 41.8 Å². The Kier molecular flexibility index (Phi) is 11.2. The molecule has 0 aliphatic carbocycles. The third kappa shape index (κ3) is 7.88. The van der Waals surface area contributed by atoms with E-state index < -0.39 is 8.07 Å². The van der Waals surface area contributed by atoms with E-state index in [2.05, 4.69) is 166 Å². The van der Waals surface area contributed by atoms with Gasteiger partial charge < -0.3 is 9.97 Å². The summed E-state index contributed by atoms with van der Waals surface area (Å²) in [6.45, 7) is 11.7. The Balaban J connectivity index is 0.000000194. The van der Waals surface area contributed by atoms with Crippen molar-refractivity contribution in [1.29, 1.82) is 0 Å². The first-order valence-corrected chi connectivity index (χ1v) is 21.5. The molecule has 3 heterocycles. The van der Waals surface area contributed by atoms with Crippen LogP contribution < -0.4 is 5.19 Å². The second-order valence-corrected chi connectivity index (χ2v) is 20.0. The van der Waals surface area contributed by atoms with Crippen LogP contribution in [0, 0.1) is 12.1 Å². The average molecular weight is 873 g/mol. The van der Waals surface area contributed by atoms with E-state index in [0.717, 1.165) is 22.5 Å². The molecule has 8 aromatic rings. The zero-order chi connectivity index (χ0) is 34.7. The Hall–Kier alpha value is -4.51. The number of pyridine rings is 2. The van der Waals surface area contributed by atoms with E-state index in [1.165, 1.54) is 53.2 Å². The summed E-state index contributed by atoms with van der Waals surface area (Å²) in [5, 5.41) is 4.05. The van der Waals surface area contributed by atoms with Crippen LogP contribution in [0.15, 0.2) is 146 Å². The van der Waals surface area contributed by atoms with Crippen molar-refractivity contribution in [2.45, 2.75) is 39.4 Å². The predicted octanol–water partition coefficient (Wildman–Crippen LogP) is 12.5. The maximum Gasteiger partial charge on any atom is 0.0799 e. The minimum Gasteiger partial charge on any atom is -0.305 e. The summed E-state index contributed by atoms with van der Waals surface area (Å²) in [5.41, 5.74) is 10.4. The predicted molar refractivity (Wildman–Crippen MR) is 218 cm³/mol. The first-order valence-electron chi connectivity index (χ1n) is 17.2. The summed E-state index contributed by atoms with van der Waals surface area (Å²) < 4.78 is 2.52. The number of nitrogens with zero attached hydrogens (tertiary/aromatic N) is 2. The first-order chi connectivity index (χ1) is 24.3. The normalized spacial score (nSPS) is 11.3.